The second-order valence-electron chi connectivity index (χ2n) is 6.38. The number of nitrogens with one attached hydrogen (secondary N) is 1. The van der Waals surface area contributed by atoms with Gasteiger partial charge in [-0.1, -0.05) is 28.9 Å². The second kappa shape index (κ2) is 9.93. The van der Waals surface area contributed by atoms with Crippen molar-refractivity contribution in [1.82, 2.24) is 15.5 Å². The number of carbonyl (C=O) groups is 1. The fraction of sp³-hybridized carbons (Fsp3) is 0.286. The van der Waals surface area contributed by atoms with Gasteiger partial charge in [-0.2, -0.15) is 4.98 Å². The van der Waals surface area contributed by atoms with Crippen LogP contribution in [0.4, 0.5) is 0 Å². The molecule has 0 aliphatic heterocycles. The molecule has 3 aromatic rings. The van der Waals surface area contributed by atoms with E-state index >= 15 is 0 Å². The number of aryl methyl sites for hydroxylation is 2. The molecule has 0 saturated carbocycles. The minimum atomic E-state index is -0.186. The first-order valence-corrected chi connectivity index (χ1v) is 9.55. The van der Waals surface area contributed by atoms with Gasteiger partial charge in [0.2, 0.25) is 5.89 Å². The van der Waals surface area contributed by atoms with Crippen molar-refractivity contribution in [3.05, 3.63) is 70.3 Å². The summed E-state index contributed by atoms with van der Waals surface area (Å²) in [5.74, 6) is 2.04. The molecule has 7 nitrogen and oxygen atoms in total. The number of carbonyl (C=O) groups excluding carboxylic acids is 1. The highest BCUT2D eigenvalue weighted by Crippen LogP contribution is 2.29. The van der Waals surface area contributed by atoms with Crippen LogP contribution in [0.25, 0.3) is 0 Å². The summed E-state index contributed by atoms with van der Waals surface area (Å²) in [4.78, 5) is 16.5. The van der Waals surface area contributed by atoms with E-state index in [1.165, 1.54) is 0 Å². The molecule has 0 bridgehead atoms. The summed E-state index contributed by atoms with van der Waals surface area (Å²) in [6.07, 6.45) is 1.31. The molecule has 3 rings (SSSR count). The Bertz CT molecular complexity index is 957. The number of methoxy groups -OCH3 is 1. The molecule has 152 valence electrons. The fourth-order valence-electron chi connectivity index (χ4n) is 2.65. The molecule has 8 heteroatoms. The predicted molar refractivity (Wildman–Crippen MR) is 108 cm³/mol. The lowest BCUT2D eigenvalue weighted by Gasteiger charge is -2.12. The van der Waals surface area contributed by atoms with E-state index in [-0.39, 0.29) is 5.91 Å². The summed E-state index contributed by atoms with van der Waals surface area (Å²) < 4.78 is 16.2. The maximum atomic E-state index is 12.4. The minimum absolute atomic E-state index is 0.186. The largest absolute Gasteiger partial charge is 0.493 e. The van der Waals surface area contributed by atoms with Crippen LogP contribution < -0.4 is 14.8 Å². The first-order chi connectivity index (χ1) is 14.0. The maximum absolute atomic E-state index is 12.4. The van der Waals surface area contributed by atoms with Gasteiger partial charge in [-0.3, -0.25) is 4.79 Å². The Labute approximate surface area is 174 Å². The molecule has 1 aromatic heterocycles. The molecule has 0 fully saturated rings. The van der Waals surface area contributed by atoms with Gasteiger partial charge in [-0.25, -0.2) is 0 Å². The van der Waals surface area contributed by atoms with Gasteiger partial charge < -0.3 is 19.3 Å². The summed E-state index contributed by atoms with van der Waals surface area (Å²) >= 11 is 5.89. The van der Waals surface area contributed by atoms with Crippen molar-refractivity contribution in [2.45, 2.75) is 26.4 Å². The van der Waals surface area contributed by atoms with Crippen molar-refractivity contribution >= 4 is 17.5 Å². The summed E-state index contributed by atoms with van der Waals surface area (Å²) in [7, 11) is 1.54. The van der Waals surface area contributed by atoms with E-state index in [0.717, 1.165) is 5.56 Å². The Hall–Kier alpha value is -3.06. The van der Waals surface area contributed by atoms with Crippen molar-refractivity contribution in [2.75, 3.05) is 13.7 Å². The lowest BCUT2D eigenvalue weighted by molar-refractivity contribution is 0.0952. The number of benzene rings is 2. The zero-order chi connectivity index (χ0) is 20.6. The molecule has 1 amide bonds. The summed E-state index contributed by atoms with van der Waals surface area (Å²) in [5.41, 5.74) is 1.48. The number of halogens is 1. The van der Waals surface area contributed by atoms with Crippen LogP contribution >= 0.6 is 11.6 Å². The quantitative estimate of drug-likeness (QED) is 0.532. The van der Waals surface area contributed by atoms with E-state index in [9.17, 15) is 4.79 Å². The highest BCUT2D eigenvalue weighted by atomic mass is 35.5. The second-order valence-corrected chi connectivity index (χ2v) is 6.81. The highest BCUT2D eigenvalue weighted by Gasteiger charge is 2.12. The van der Waals surface area contributed by atoms with Crippen LogP contribution in [0.5, 0.6) is 11.5 Å². The van der Waals surface area contributed by atoms with Gasteiger partial charge in [0.25, 0.3) is 5.91 Å². The van der Waals surface area contributed by atoms with Gasteiger partial charge in [0.15, 0.2) is 17.3 Å². The number of rotatable bonds is 9. The molecule has 0 saturated heterocycles. The average molecular weight is 416 g/mol. The third kappa shape index (κ3) is 5.96. The maximum Gasteiger partial charge on any atom is 0.251 e. The predicted octanol–water partition coefficient (Wildman–Crippen LogP) is 3.98. The summed E-state index contributed by atoms with van der Waals surface area (Å²) in [6, 6.07) is 12.5. The van der Waals surface area contributed by atoms with Gasteiger partial charge in [-0.05, 0) is 49.2 Å². The molecule has 0 atom stereocenters. The van der Waals surface area contributed by atoms with Crippen molar-refractivity contribution in [2.24, 2.45) is 0 Å². The Kier molecular flexibility index (Phi) is 7.08. The van der Waals surface area contributed by atoms with Gasteiger partial charge in [0.1, 0.15) is 6.61 Å². The standard InChI is InChI=1S/C21H22ClN3O4/c1-14-24-20(29-25-14)4-3-11-23-21(26)16-7-10-18(19(12-16)27-2)28-13-15-5-8-17(22)9-6-15/h5-10,12H,3-4,11,13H2,1-2H3,(H,23,26). The molecular weight excluding hydrogens is 394 g/mol. The molecule has 0 aliphatic rings. The molecule has 0 aliphatic carbocycles. The van der Waals surface area contributed by atoms with E-state index in [2.05, 4.69) is 15.5 Å². The zero-order valence-electron chi connectivity index (χ0n) is 16.3. The smallest absolute Gasteiger partial charge is 0.251 e. The van der Waals surface area contributed by atoms with Crippen molar-refractivity contribution < 1.29 is 18.8 Å². The fourth-order valence-corrected chi connectivity index (χ4v) is 2.78. The Morgan fingerprint density at radius 2 is 1.97 bits per heavy atom. The van der Waals surface area contributed by atoms with Crippen LogP contribution in [0.1, 0.15) is 34.1 Å². The first-order valence-electron chi connectivity index (χ1n) is 9.18. The van der Waals surface area contributed by atoms with E-state index in [4.69, 9.17) is 25.6 Å². The van der Waals surface area contributed by atoms with E-state index in [1.54, 1.807) is 32.2 Å². The molecule has 0 radical (unpaired) electrons. The van der Waals surface area contributed by atoms with Crippen LogP contribution in [0, 0.1) is 6.92 Å². The molecule has 0 unspecified atom stereocenters. The van der Waals surface area contributed by atoms with Crippen LogP contribution in [0.15, 0.2) is 47.0 Å². The molecule has 29 heavy (non-hydrogen) atoms. The van der Waals surface area contributed by atoms with Gasteiger partial charge in [0, 0.05) is 23.6 Å². The minimum Gasteiger partial charge on any atom is -0.493 e. The van der Waals surface area contributed by atoms with Gasteiger partial charge in [0.05, 0.1) is 7.11 Å². The number of amides is 1. The van der Waals surface area contributed by atoms with Crippen LogP contribution in [0.3, 0.4) is 0 Å². The number of hydrogen-bond acceptors (Lipinski definition) is 6. The Balaban J connectivity index is 1.52. The SMILES string of the molecule is COc1cc(C(=O)NCCCc2nc(C)no2)ccc1OCc1ccc(Cl)cc1. The first kappa shape index (κ1) is 20.7. The third-order valence-corrected chi connectivity index (χ3v) is 4.41. The highest BCUT2D eigenvalue weighted by molar-refractivity contribution is 6.30. The molecule has 2 aromatic carbocycles. The number of ether oxygens (including phenoxy) is 2. The van der Waals surface area contributed by atoms with Crippen LogP contribution in [-0.2, 0) is 13.0 Å². The number of aromatic nitrogens is 2. The number of nitrogens with zero attached hydrogens (tertiary/aromatic N) is 2. The lowest BCUT2D eigenvalue weighted by atomic mass is 10.2. The van der Waals surface area contributed by atoms with Crippen molar-refractivity contribution in [3.63, 3.8) is 0 Å². The average Bonchev–Trinajstić information content (AvgIpc) is 3.15. The molecule has 1 heterocycles. The third-order valence-electron chi connectivity index (χ3n) is 4.16. The van der Waals surface area contributed by atoms with Crippen molar-refractivity contribution in [1.29, 1.82) is 0 Å². The van der Waals surface area contributed by atoms with E-state index in [1.807, 2.05) is 24.3 Å². The summed E-state index contributed by atoms with van der Waals surface area (Å²) in [5, 5.41) is 7.29. The Morgan fingerprint density at radius 3 is 2.66 bits per heavy atom. The zero-order valence-corrected chi connectivity index (χ0v) is 17.0. The van der Waals surface area contributed by atoms with Crippen LogP contribution in [-0.4, -0.2) is 29.7 Å². The monoisotopic (exact) mass is 415 g/mol. The number of hydrogen-bond donors (Lipinski definition) is 1. The lowest BCUT2D eigenvalue weighted by Crippen LogP contribution is -2.24. The van der Waals surface area contributed by atoms with Gasteiger partial charge >= 0.3 is 0 Å². The summed E-state index contributed by atoms with van der Waals surface area (Å²) in [6.45, 7) is 2.64. The normalized spacial score (nSPS) is 10.6. The van der Waals surface area contributed by atoms with E-state index in [0.29, 0.717) is 59.8 Å². The molecule has 0 spiro atoms. The van der Waals surface area contributed by atoms with E-state index < -0.39 is 0 Å². The van der Waals surface area contributed by atoms with Gasteiger partial charge in [-0.15, -0.1) is 0 Å². The van der Waals surface area contributed by atoms with Crippen LogP contribution in [0.2, 0.25) is 5.02 Å². The Morgan fingerprint density at radius 1 is 1.17 bits per heavy atom. The molecule has 1 N–H and O–H groups in total. The topological polar surface area (TPSA) is 86.5 Å². The molecular formula is C21H22ClN3O4. The van der Waals surface area contributed by atoms with Crippen molar-refractivity contribution in [3.8, 4) is 11.5 Å².